The molecule has 7 heteroatoms. The van der Waals surface area contributed by atoms with Crippen LogP contribution in [0.15, 0.2) is 27.1 Å². The van der Waals surface area contributed by atoms with Crippen molar-refractivity contribution in [2.75, 3.05) is 6.54 Å². The SMILES string of the molecule is CCc1oc(C(=O)N2CCc3c(Br)ccc(F)c3C2)cc1C(=O)O. The summed E-state index contributed by atoms with van der Waals surface area (Å²) in [5, 5.41) is 9.16. The molecule has 24 heavy (non-hydrogen) atoms. The first-order valence-corrected chi connectivity index (χ1v) is 8.32. The molecule has 0 aliphatic carbocycles. The second-order valence-electron chi connectivity index (χ2n) is 5.57. The number of carboxylic acids is 1. The fourth-order valence-electron chi connectivity index (χ4n) is 2.90. The zero-order valence-corrected chi connectivity index (χ0v) is 14.5. The van der Waals surface area contributed by atoms with Gasteiger partial charge in [-0.1, -0.05) is 22.9 Å². The fourth-order valence-corrected chi connectivity index (χ4v) is 3.47. The van der Waals surface area contributed by atoms with Crippen molar-refractivity contribution in [1.82, 2.24) is 4.90 Å². The number of furan rings is 1. The van der Waals surface area contributed by atoms with Gasteiger partial charge < -0.3 is 14.4 Å². The number of carbonyl (C=O) groups excluding carboxylic acids is 1. The molecule has 0 radical (unpaired) electrons. The number of hydrogen-bond acceptors (Lipinski definition) is 3. The number of nitrogens with zero attached hydrogens (tertiary/aromatic N) is 1. The van der Waals surface area contributed by atoms with Crippen molar-refractivity contribution in [1.29, 1.82) is 0 Å². The summed E-state index contributed by atoms with van der Waals surface area (Å²) < 4.78 is 20.3. The molecular weight excluding hydrogens is 381 g/mol. The number of carboxylic acid groups (broad SMARTS) is 1. The zero-order valence-electron chi connectivity index (χ0n) is 12.9. The van der Waals surface area contributed by atoms with Gasteiger partial charge in [-0.15, -0.1) is 0 Å². The lowest BCUT2D eigenvalue weighted by molar-refractivity contribution is 0.0686. The van der Waals surface area contributed by atoms with E-state index < -0.39 is 11.9 Å². The van der Waals surface area contributed by atoms with E-state index in [1.807, 2.05) is 0 Å². The van der Waals surface area contributed by atoms with Gasteiger partial charge in [-0.25, -0.2) is 9.18 Å². The maximum Gasteiger partial charge on any atom is 0.339 e. The number of amides is 1. The maximum atomic E-state index is 14.1. The van der Waals surface area contributed by atoms with E-state index in [2.05, 4.69) is 15.9 Å². The molecule has 0 unspecified atom stereocenters. The van der Waals surface area contributed by atoms with E-state index in [-0.39, 0.29) is 29.4 Å². The zero-order chi connectivity index (χ0) is 17.4. The van der Waals surface area contributed by atoms with Crippen LogP contribution >= 0.6 is 15.9 Å². The Balaban J connectivity index is 1.89. The quantitative estimate of drug-likeness (QED) is 0.860. The molecule has 1 amide bonds. The molecule has 1 aromatic heterocycles. The number of aromatic carboxylic acids is 1. The normalized spacial score (nSPS) is 13.7. The van der Waals surface area contributed by atoms with Crippen LogP contribution in [0.4, 0.5) is 4.39 Å². The predicted molar refractivity (Wildman–Crippen MR) is 87.6 cm³/mol. The summed E-state index contributed by atoms with van der Waals surface area (Å²) >= 11 is 3.40. The molecule has 1 aromatic carbocycles. The minimum absolute atomic E-state index is 0.00724. The summed E-state index contributed by atoms with van der Waals surface area (Å²) in [5.41, 5.74) is 1.33. The molecule has 3 rings (SSSR count). The first kappa shape index (κ1) is 16.7. The molecule has 1 N–H and O–H groups in total. The number of rotatable bonds is 3. The Morgan fingerprint density at radius 2 is 2.12 bits per heavy atom. The molecule has 1 aliphatic heterocycles. The van der Waals surface area contributed by atoms with Crippen molar-refractivity contribution in [2.24, 2.45) is 0 Å². The van der Waals surface area contributed by atoms with Crippen LogP contribution in [0.3, 0.4) is 0 Å². The van der Waals surface area contributed by atoms with E-state index in [1.54, 1.807) is 13.0 Å². The van der Waals surface area contributed by atoms with Crippen LogP contribution in [0.25, 0.3) is 0 Å². The summed E-state index contributed by atoms with van der Waals surface area (Å²) in [7, 11) is 0. The van der Waals surface area contributed by atoms with Crippen LogP contribution in [-0.4, -0.2) is 28.4 Å². The Morgan fingerprint density at radius 3 is 2.75 bits per heavy atom. The molecule has 5 nitrogen and oxygen atoms in total. The largest absolute Gasteiger partial charge is 0.478 e. The number of hydrogen-bond donors (Lipinski definition) is 1. The summed E-state index contributed by atoms with van der Waals surface area (Å²) in [4.78, 5) is 25.3. The Morgan fingerprint density at radius 1 is 1.38 bits per heavy atom. The summed E-state index contributed by atoms with van der Waals surface area (Å²) in [6.45, 7) is 2.30. The minimum atomic E-state index is -1.13. The third-order valence-corrected chi connectivity index (χ3v) is 4.90. The monoisotopic (exact) mass is 395 g/mol. The number of fused-ring (bicyclic) bond motifs is 1. The highest BCUT2D eigenvalue weighted by Gasteiger charge is 2.28. The van der Waals surface area contributed by atoms with Crippen LogP contribution in [0.2, 0.25) is 0 Å². The summed E-state index contributed by atoms with van der Waals surface area (Å²) in [6.07, 6.45) is 0.895. The lowest BCUT2D eigenvalue weighted by Crippen LogP contribution is -2.36. The van der Waals surface area contributed by atoms with Gasteiger partial charge in [-0.05, 0) is 24.1 Å². The van der Waals surface area contributed by atoms with Crippen molar-refractivity contribution in [3.05, 3.63) is 56.7 Å². The molecule has 0 fully saturated rings. The molecule has 2 aromatic rings. The number of halogens is 2. The van der Waals surface area contributed by atoms with Crippen molar-refractivity contribution >= 4 is 27.8 Å². The van der Waals surface area contributed by atoms with Gasteiger partial charge in [0.05, 0.1) is 0 Å². The smallest absolute Gasteiger partial charge is 0.339 e. The maximum absolute atomic E-state index is 14.1. The van der Waals surface area contributed by atoms with Gasteiger partial charge in [0.1, 0.15) is 17.1 Å². The number of aryl methyl sites for hydroxylation is 1. The molecule has 0 saturated carbocycles. The molecule has 1 aliphatic rings. The van der Waals surface area contributed by atoms with Crippen LogP contribution in [0.1, 0.15) is 44.7 Å². The van der Waals surface area contributed by atoms with Crippen LogP contribution in [0.5, 0.6) is 0 Å². The third kappa shape index (κ3) is 2.84. The van der Waals surface area contributed by atoms with E-state index in [0.717, 1.165) is 10.0 Å². The Kier molecular flexibility index (Phi) is 4.45. The highest BCUT2D eigenvalue weighted by atomic mass is 79.9. The number of carbonyl (C=O) groups is 2. The van der Waals surface area contributed by atoms with Gasteiger partial charge in [0.25, 0.3) is 5.91 Å². The van der Waals surface area contributed by atoms with Crippen molar-refractivity contribution in [3.8, 4) is 0 Å². The number of benzene rings is 1. The highest BCUT2D eigenvalue weighted by Crippen LogP contribution is 2.29. The van der Waals surface area contributed by atoms with Crippen LogP contribution in [0, 0.1) is 5.82 Å². The highest BCUT2D eigenvalue weighted by molar-refractivity contribution is 9.10. The second kappa shape index (κ2) is 6.39. The molecule has 0 atom stereocenters. The topological polar surface area (TPSA) is 70.8 Å². The van der Waals surface area contributed by atoms with Crippen LogP contribution in [-0.2, 0) is 19.4 Å². The molecule has 2 heterocycles. The Hall–Kier alpha value is -2.15. The predicted octanol–water partition coefficient (Wildman–Crippen LogP) is 3.64. The first-order chi connectivity index (χ1) is 11.4. The average molecular weight is 396 g/mol. The lowest BCUT2D eigenvalue weighted by Gasteiger charge is -2.29. The van der Waals surface area contributed by atoms with Gasteiger partial charge in [0.2, 0.25) is 0 Å². The van der Waals surface area contributed by atoms with Crippen LogP contribution < -0.4 is 0 Å². The van der Waals surface area contributed by atoms with E-state index in [1.165, 1.54) is 17.0 Å². The second-order valence-corrected chi connectivity index (χ2v) is 6.42. The van der Waals surface area contributed by atoms with E-state index >= 15 is 0 Å². The Bertz CT molecular complexity index is 830. The summed E-state index contributed by atoms with van der Waals surface area (Å²) in [5.74, 6) is -1.68. The van der Waals surface area contributed by atoms with Crippen molar-refractivity contribution in [3.63, 3.8) is 0 Å². The van der Waals surface area contributed by atoms with Crippen molar-refractivity contribution in [2.45, 2.75) is 26.3 Å². The van der Waals surface area contributed by atoms with E-state index in [4.69, 9.17) is 9.52 Å². The van der Waals surface area contributed by atoms with Gasteiger partial charge in [0.15, 0.2) is 5.76 Å². The lowest BCUT2D eigenvalue weighted by atomic mass is 9.99. The Labute approximate surface area is 146 Å². The molecule has 0 spiro atoms. The molecular formula is C17H15BrFNO4. The molecule has 0 bridgehead atoms. The molecule has 0 saturated heterocycles. The van der Waals surface area contributed by atoms with E-state index in [0.29, 0.717) is 24.9 Å². The molecule has 126 valence electrons. The standard InChI is InChI=1S/C17H15BrFNO4/c1-2-14-10(17(22)23)7-15(24-14)16(21)20-6-5-9-11(8-20)13(19)4-3-12(9)18/h3-4,7H,2,5-6,8H2,1H3,(H,22,23). The van der Waals surface area contributed by atoms with E-state index in [9.17, 15) is 14.0 Å². The van der Waals surface area contributed by atoms with Crippen molar-refractivity contribution < 1.29 is 23.5 Å². The van der Waals surface area contributed by atoms with Gasteiger partial charge in [-0.3, -0.25) is 4.79 Å². The van der Waals surface area contributed by atoms with Gasteiger partial charge >= 0.3 is 5.97 Å². The van der Waals surface area contributed by atoms with Gasteiger partial charge in [-0.2, -0.15) is 0 Å². The third-order valence-electron chi connectivity index (χ3n) is 4.16. The fraction of sp³-hybridized carbons (Fsp3) is 0.294. The first-order valence-electron chi connectivity index (χ1n) is 7.53. The summed E-state index contributed by atoms with van der Waals surface area (Å²) in [6, 6.07) is 4.27. The average Bonchev–Trinajstić information content (AvgIpc) is 3.02. The van der Waals surface area contributed by atoms with Gasteiger partial charge in [0, 0.05) is 35.6 Å². The minimum Gasteiger partial charge on any atom is -0.478 e.